The Morgan fingerprint density at radius 2 is 0.956 bits per heavy atom. The van der Waals surface area contributed by atoms with Crippen LogP contribution < -0.4 is 0 Å². The summed E-state index contributed by atoms with van der Waals surface area (Å²) in [6, 6.07) is 28.5. The predicted octanol–water partition coefficient (Wildman–Crippen LogP) is 8.93. The molecular weight excluding hydrogens is 552 g/mol. The fourth-order valence-corrected chi connectivity index (χ4v) is 5.71. The molecule has 0 unspecified atom stereocenters. The van der Waals surface area contributed by atoms with Gasteiger partial charge in [0.15, 0.2) is 0 Å². The summed E-state index contributed by atoms with van der Waals surface area (Å²) < 4.78 is 0. The van der Waals surface area contributed by atoms with Gasteiger partial charge in [-0.2, -0.15) is 0 Å². The van der Waals surface area contributed by atoms with E-state index in [2.05, 4.69) is 71.9 Å². The van der Waals surface area contributed by atoms with Gasteiger partial charge in [0.25, 0.3) is 0 Å². The van der Waals surface area contributed by atoms with Gasteiger partial charge in [0.2, 0.25) is 0 Å². The summed E-state index contributed by atoms with van der Waals surface area (Å²) in [7, 11) is 0. The van der Waals surface area contributed by atoms with Crippen LogP contribution in [-0.4, -0.2) is 32.4 Å². The van der Waals surface area contributed by atoms with E-state index >= 15 is 0 Å². The highest BCUT2D eigenvalue weighted by atomic mass is 14.8. The van der Waals surface area contributed by atoms with E-state index in [4.69, 9.17) is 9.98 Å². The van der Waals surface area contributed by atoms with Crippen LogP contribution in [0.2, 0.25) is 0 Å². The molecule has 2 aromatic carbocycles. The summed E-state index contributed by atoms with van der Waals surface area (Å²) in [5.41, 5.74) is 13.9. The van der Waals surface area contributed by atoms with Gasteiger partial charge in [-0.15, -0.1) is 0 Å². The number of aliphatic imine (C=N–C) groups is 2. The van der Waals surface area contributed by atoms with Crippen molar-refractivity contribution in [3.63, 3.8) is 0 Å². The Bertz CT molecular complexity index is 1870. The molecule has 6 aromatic rings. The molecule has 220 valence electrons. The molecule has 0 saturated heterocycles. The Labute approximate surface area is 264 Å². The SMILES string of the molecule is Cc1cc(C)c(N=Cc2ncccc2-c2ccccn2)c(Cc2cc(C)cc(C)c2N=Cc2ncccc2-c2ccccn2)c1. The van der Waals surface area contributed by atoms with Crippen LogP contribution in [0.4, 0.5) is 11.4 Å². The summed E-state index contributed by atoms with van der Waals surface area (Å²) in [6.07, 6.45) is 11.5. The number of aromatic nitrogens is 4. The van der Waals surface area contributed by atoms with Gasteiger partial charge in [0, 0.05) is 42.3 Å². The zero-order valence-electron chi connectivity index (χ0n) is 25.9. The molecule has 0 spiro atoms. The summed E-state index contributed by atoms with van der Waals surface area (Å²) in [5.74, 6) is 0. The molecule has 0 bridgehead atoms. The first-order valence-electron chi connectivity index (χ1n) is 15.0. The molecule has 0 amide bonds. The summed E-state index contributed by atoms with van der Waals surface area (Å²) >= 11 is 0. The third-order valence-corrected chi connectivity index (χ3v) is 7.62. The third kappa shape index (κ3) is 6.81. The monoisotopic (exact) mass is 586 g/mol. The Morgan fingerprint density at radius 1 is 0.511 bits per heavy atom. The van der Waals surface area contributed by atoms with E-state index in [0.29, 0.717) is 6.42 Å². The molecule has 0 aliphatic heterocycles. The first-order chi connectivity index (χ1) is 22.0. The van der Waals surface area contributed by atoms with E-state index in [-0.39, 0.29) is 0 Å². The summed E-state index contributed by atoms with van der Waals surface area (Å²) in [4.78, 5) is 28.4. The number of rotatable bonds is 8. The molecule has 4 heterocycles. The highest BCUT2D eigenvalue weighted by Gasteiger charge is 2.14. The van der Waals surface area contributed by atoms with Gasteiger partial charge in [0.05, 0.1) is 46.6 Å². The van der Waals surface area contributed by atoms with E-state index in [9.17, 15) is 0 Å². The topological polar surface area (TPSA) is 76.3 Å². The molecular formula is C39H34N6. The summed E-state index contributed by atoms with van der Waals surface area (Å²) in [6.45, 7) is 8.48. The van der Waals surface area contributed by atoms with E-state index < -0.39 is 0 Å². The van der Waals surface area contributed by atoms with Gasteiger partial charge in [-0.1, -0.05) is 47.5 Å². The van der Waals surface area contributed by atoms with Crippen molar-refractivity contribution in [1.82, 2.24) is 19.9 Å². The minimum absolute atomic E-state index is 0.676. The van der Waals surface area contributed by atoms with Crippen molar-refractivity contribution in [2.45, 2.75) is 34.1 Å². The lowest BCUT2D eigenvalue weighted by molar-refractivity contribution is 1.13. The standard InChI is InChI=1S/C39H34N6/c1-26-19-28(3)38(44-24-36-32(11-9-17-42-36)34-13-5-7-15-40-34)30(21-26)23-31-22-27(2)20-29(4)39(31)45-25-37-33(12-10-18-43-37)35-14-6-8-16-41-35/h5-22,24-25H,23H2,1-4H3. The molecule has 0 atom stereocenters. The number of aryl methyl sites for hydroxylation is 4. The average molecular weight is 587 g/mol. The van der Waals surface area contributed by atoms with E-state index in [1.54, 1.807) is 24.8 Å². The van der Waals surface area contributed by atoms with Crippen LogP contribution >= 0.6 is 0 Å². The van der Waals surface area contributed by atoms with Crippen molar-refractivity contribution in [2.75, 3.05) is 0 Å². The number of nitrogens with zero attached hydrogens (tertiary/aromatic N) is 6. The number of pyridine rings is 4. The van der Waals surface area contributed by atoms with Crippen molar-refractivity contribution in [3.05, 3.63) is 154 Å². The molecule has 6 nitrogen and oxygen atoms in total. The number of hydrogen-bond donors (Lipinski definition) is 0. The maximum atomic E-state index is 5.04. The zero-order valence-corrected chi connectivity index (χ0v) is 25.9. The predicted molar refractivity (Wildman–Crippen MR) is 184 cm³/mol. The van der Waals surface area contributed by atoms with Crippen molar-refractivity contribution in [1.29, 1.82) is 0 Å². The zero-order chi connectivity index (χ0) is 31.2. The quantitative estimate of drug-likeness (QED) is 0.167. The molecule has 0 fully saturated rings. The highest BCUT2D eigenvalue weighted by Crippen LogP contribution is 2.34. The van der Waals surface area contributed by atoms with Crippen LogP contribution in [0.3, 0.4) is 0 Å². The van der Waals surface area contributed by atoms with E-state index in [0.717, 1.165) is 67.5 Å². The lowest BCUT2D eigenvalue weighted by Gasteiger charge is -2.15. The first-order valence-corrected chi connectivity index (χ1v) is 15.0. The molecule has 0 aliphatic rings. The fourth-order valence-electron chi connectivity index (χ4n) is 5.71. The Balaban J connectivity index is 1.38. The second-order valence-electron chi connectivity index (χ2n) is 11.2. The maximum Gasteiger partial charge on any atom is 0.0906 e. The van der Waals surface area contributed by atoms with E-state index in [1.165, 1.54) is 11.1 Å². The second kappa shape index (κ2) is 13.3. The van der Waals surface area contributed by atoms with Crippen LogP contribution in [0.1, 0.15) is 44.8 Å². The molecule has 6 heteroatoms. The Kier molecular flexibility index (Phi) is 8.74. The van der Waals surface area contributed by atoms with Gasteiger partial charge in [-0.3, -0.25) is 29.9 Å². The van der Waals surface area contributed by atoms with Crippen LogP contribution in [0, 0.1) is 27.7 Å². The van der Waals surface area contributed by atoms with Crippen LogP contribution in [0.5, 0.6) is 0 Å². The van der Waals surface area contributed by atoms with Crippen molar-refractivity contribution in [2.24, 2.45) is 9.98 Å². The largest absolute Gasteiger partial charge is 0.256 e. The van der Waals surface area contributed by atoms with Crippen LogP contribution in [-0.2, 0) is 6.42 Å². The van der Waals surface area contributed by atoms with Crippen LogP contribution in [0.25, 0.3) is 22.5 Å². The van der Waals surface area contributed by atoms with Gasteiger partial charge < -0.3 is 0 Å². The third-order valence-electron chi connectivity index (χ3n) is 7.62. The van der Waals surface area contributed by atoms with E-state index in [1.807, 2.05) is 73.1 Å². The van der Waals surface area contributed by atoms with Gasteiger partial charge in [-0.05, 0) is 98.5 Å². The van der Waals surface area contributed by atoms with Gasteiger partial charge >= 0.3 is 0 Å². The molecule has 45 heavy (non-hydrogen) atoms. The molecule has 0 aliphatic carbocycles. The maximum absolute atomic E-state index is 5.04. The van der Waals surface area contributed by atoms with Gasteiger partial charge in [-0.25, -0.2) is 0 Å². The van der Waals surface area contributed by atoms with Crippen molar-refractivity contribution in [3.8, 4) is 22.5 Å². The van der Waals surface area contributed by atoms with Crippen molar-refractivity contribution < 1.29 is 0 Å². The number of benzene rings is 2. The number of hydrogen-bond acceptors (Lipinski definition) is 6. The average Bonchev–Trinajstić information content (AvgIpc) is 3.05. The fraction of sp³-hybridized carbons (Fsp3) is 0.128. The first kappa shape index (κ1) is 29.5. The molecule has 6 rings (SSSR count). The minimum Gasteiger partial charge on any atom is -0.256 e. The lowest BCUT2D eigenvalue weighted by atomic mass is 9.94. The normalized spacial score (nSPS) is 11.5. The van der Waals surface area contributed by atoms with Crippen LogP contribution in [0.15, 0.2) is 120 Å². The second-order valence-corrected chi connectivity index (χ2v) is 11.2. The minimum atomic E-state index is 0.676. The van der Waals surface area contributed by atoms with Gasteiger partial charge in [0.1, 0.15) is 0 Å². The Morgan fingerprint density at radius 3 is 1.38 bits per heavy atom. The smallest absolute Gasteiger partial charge is 0.0906 e. The molecule has 4 aromatic heterocycles. The lowest BCUT2D eigenvalue weighted by Crippen LogP contribution is -1.98. The Hall–Kier alpha value is -5.62. The summed E-state index contributed by atoms with van der Waals surface area (Å²) in [5, 5.41) is 0. The molecule has 0 N–H and O–H groups in total. The molecule has 0 saturated carbocycles. The van der Waals surface area contributed by atoms with Crippen molar-refractivity contribution >= 4 is 23.8 Å². The molecule has 0 radical (unpaired) electrons. The highest BCUT2D eigenvalue weighted by molar-refractivity contribution is 5.90.